The smallest absolute Gasteiger partial charge is 0.191 e. The number of anilines is 1. The van der Waals surface area contributed by atoms with Crippen molar-refractivity contribution in [3.8, 4) is 0 Å². The number of nitrogens with one attached hydrogen (secondary N) is 2. The summed E-state index contributed by atoms with van der Waals surface area (Å²) in [4.78, 5) is 9.38. The van der Waals surface area contributed by atoms with Crippen LogP contribution in [0.25, 0.3) is 0 Å². The summed E-state index contributed by atoms with van der Waals surface area (Å²) >= 11 is 0. The van der Waals surface area contributed by atoms with Gasteiger partial charge in [-0.15, -0.1) is 0 Å². The first-order chi connectivity index (χ1) is 14.6. The summed E-state index contributed by atoms with van der Waals surface area (Å²) in [5, 5.41) is 16.3. The average molecular weight is 418 g/mol. The standard InChI is InChI=1S/C23H39N5O2/c1-19-5-4-6-21(20(19)2)28-13-11-27(12-14-28)10-9-25-22(24-3)26-17-23(7-15-29)8-16-30-18-23/h4-6,29H,7-18H2,1-3H3,(H2,24,25,26). The second kappa shape index (κ2) is 11.0. The molecule has 3 N–H and O–H groups in total. The Hall–Kier alpha value is -1.83. The number of aryl methyl sites for hydroxylation is 1. The summed E-state index contributed by atoms with van der Waals surface area (Å²) in [6, 6.07) is 6.59. The molecular formula is C23H39N5O2. The lowest BCUT2D eigenvalue weighted by atomic mass is 9.84. The minimum atomic E-state index is 0.0244. The zero-order chi connectivity index (χ0) is 21.4. The Balaban J connectivity index is 1.38. The number of aliphatic hydroxyl groups is 1. The van der Waals surface area contributed by atoms with Crippen molar-refractivity contribution in [1.82, 2.24) is 15.5 Å². The summed E-state index contributed by atoms with van der Waals surface area (Å²) in [6.45, 7) is 13.1. The molecule has 0 amide bonds. The topological polar surface area (TPSA) is 72.4 Å². The number of piperazine rings is 1. The van der Waals surface area contributed by atoms with Crippen LogP contribution in [0.15, 0.2) is 23.2 Å². The molecule has 1 aromatic rings. The van der Waals surface area contributed by atoms with E-state index in [9.17, 15) is 5.11 Å². The van der Waals surface area contributed by atoms with E-state index < -0.39 is 0 Å². The van der Waals surface area contributed by atoms with Gasteiger partial charge in [0, 0.05) is 77.2 Å². The van der Waals surface area contributed by atoms with Gasteiger partial charge in [-0.1, -0.05) is 12.1 Å². The third-order valence-electron chi connectivity index (χ3n) is 6.69. The van der Waals surface area contributed by atoms with Crippen molar-refractivity contribution < 1.29 is 9.84 Å². The number of ether oxygens (including phenoxy) is 1. The summed E-state index contributed by atoms with van der Waals surface area (Å²) in [7, 11) is 1.81. The van der Waals surface area contributed by atoms with E-state index in [2.05, 4.69) is 57.5 Å². The van der Waals surface area contributed by atoms with E-state index >= 15 is 0 Å². The Labute approximate surface area is 181 Å². The molecule has 0 saturated carbocycles. The molecule has 2 aliphatic heterocycles. The van der Waals surface area contributed by atoms with Crippen LogP contribution in [0.2, 0.25) is 0 Å². The van der Waals surface area contributed by atoms with Crippen molar-refractivity contribution in [3.05, 3.63) is 29.3 Å². The molecule has 168 valence electrons. The third-order valence-corrected chi connectivity index (χ3v) is 6.69. The fraction of sp³-hybridized carbons (Fsp3) is 0.696. The molecule has 1 atom stereocenters. The summed E-state index contributed by atoms with van der Waals surface area (Å²) in [5.41, 5.74) is 4.17. The van der Waals surface area contributed by atoms with Crippen molar-refractivity contribution in [2.45, 2.75) is 26.7 Å². The Morgan fingerprint density at radius 2 is 2.00 bits per heavy atom. The van der Waals surface area contributed by atoms with Gasteiger partial charge in [-0.25, -0.2) is 0 Å². The minimum Gasteiger partial charge on any atom is -0.396 e. The lowest BCUT2D eigenvalue weighted by molar-refractivity contribution is 0.127. The maximum atomic E-state index is 9.38. The van der Waals surface area contributed by atoms with Crippen LogP contribution in [0.5, 0.6) is 0 Å². The van der Waals surface area contributed by atoms with Crippen LogP contribution < -0.4 is 15.5 Å². The number of hydrogen-bond acceptors (Lipinski definition) is 5. The van der Waals surface area contributed by atoms with Crippen molar-refractivity contribution >= 4 is 11.6 Å². The van der Waals surface area contributed by atoms with Crippen LogP contribution in [-0.2, 0) is 4.74 Å². The highest BCUT2D eigenvalue weighted by Crippen LogP contribution is 2.31. The maximum Gasteiger partial charge on any atom is 0.191 e. The molecule has 30 heavy (non-hydrogen) atoms. The van der Waals surface area contributed by atoms with Crippen LogP contribution in [0.3, 0.4) is 0 Å². The van der Waals surface area contributed by atoms with Gasteiger partial charge in [0.25, 0.3) is 0 Å². The van der Waals surface area contributed by atoms with Gasteiger partial charge in [-0.2, -0.15) is 0 Å². The molecule has 0 radical (unpaired) electrons. The fourth-order valence-electron chi connectivity index (χ4n) is 4.43. The largest absolute Gasteiger partial charge is 0.396 e. The van der Waals surface area contributed by atoms with Crippen LogP contribution in [0, 0.1) is 19.3 Å². The highest BCUT2D eigenvalue weighted by Gasteiger charge is 2.34. The Kier molecular flexibility index (Phi) is 8.36. The maximum absolute atomic E-state index is 9.38. The Morgan fingerprint density at radius 1 is 1.20 bits per heavy atom. The van der Waals surface area contributed by atoms with Crippen molar-refractivity contribution in [3.63, 3.8) is 0 Å². The zero-order valence-corrected chi connectivity index (χ0v) is 18.9. The second-order valence-corrected chi connectivity index (χ2v) is 8.68. The van der Waals surface area contributed by atoms with E-state index in [1.165, 1.54) is 16.8 Å². The zero-order valence-electron chi connectivity index (χ0n) is 18.9. The first kappa shape index (κ1) is 22.8. The predicted octanol–water partition coefficient (Wildman–Crippen LogP) is 1.38. The molecule has 7 nitrogen and oxygen atoms in total. The van der Waals surface area contributed by atoms with E-state index in [0.29, 0.717) is 6.61 Å². The minimum absolute atomic E-state index is 0.0244. The average Bonchev–Trinajstić information content (AvgIpc) is 3.22. The van der Waals surface area contributed by atoms with E-state index in [1.54, 1.807) is 0 Å². The SMILES string of the molecule is CN=C(NCCN1CCN(c2cccc(C)c2C)CC1)NCC1(CCO)CCOC1. The lowest BCUT2D eigenvalue weighted by Crippen LogP contribution is -2.50. The lowest BCUT2D eigenvalue weighted by Gasteiger charge is -2.37. The van der Waals surface area contributed by atoms with Gasteiger partial charge in [0.15, 0.2) is 5.96 Å². The van der Waals surface area contributed by atoms with Gasteiger partial charge < -0.3 is 25.4 Å². The molecule has 2 fully saturated rings. The summed E-state index contributed by atoms with van der Waals surface area (Å²) in [6.07, 6.45) is 1.75. The number of benzene rings is 1. The molecule has 2 heterocycles. The normalized spacial score (nSPS) is 23.1. The molecule has 0 aromatic heterocycles. The van der Waals surface area contributed by atoms with Crippen LogP contribution >= 0.6 is 0 Å². The second-order valence-electron chi connectivity index (χ2n) is 8.68. The number of guanidine groups is 1. The monoisotopic (exact) mass is 417 g/mol. The molecule has 3 rings (SSSR count). The van der Waals surface area contributed by atoms with Gasteiger partial charge >= 0.3 is 0 Å². The molecule has 1 unspecified atom stereocenters. The molecule has 2 aliphatic rings. The van der Waals surface area contributed by atoms with Gasteiger partial charge in [0.2, 0.25) is 0 Å². The van der Waals surface area contributed by atoms with E-state index in [1.807, 2.05) is 7.05 Å². The highest BCUT2D eigenvalue weighted by molar-refractivity contribution is 5.79. The first-order valence-electron chi connectivity index (χ1n) is 11.2. The van der Waals surface area contributed by atoms with Crippen LogP contribution in [-0.4, -0.2) is 88.6 Å². The quantitative estimate of drug-likeness (QED) is 0.438. The molecule has 0 spiro atoms. The van der Waals surface area contributed by atoms with E-state index in [0.717, 1.165) is 71.2 Å². The number of aliphatic hydroxyl groups excluding tert-OH is 1. The Morgan fingerprint density at radius 3 is 2.67 bits per heavy atom. The molecule has 2 saturated heterocycles. The fourth-order valence-corrected chi connectivity index (χ4v) is 4.43. The highest BCUT2D eigenvalue weighted by atomic mass is 16.5. The summed E-state index contributed by atoms with van der Waals surface area (Å²) < 4.78 is 5.57. The molecule has 7 heteroatoms. The van der Waals surface area contributed by atoms with Crippen LogP contribution in [0.1, 0.15) is 24.0 Å². The molecule has 0 aliphatic carbocycles. The van der Waals surface area contributed by atoms with Crippen molar-refractivity contribution in [2.75, 3.05) is 77.6 Å². The van der Waals surface area contributed by atoms with Gasteiger partial charge in [0.05, 0.1) is 6.61 Å². The summed E-state index contributed by atoms with van der Waals surface area (Å²) in [5.74, 6) is 0.827. The van der Waals surface area contributed by atoms with Crippen molar-refractivity contribution in [2.24, 2.45) is 10.4 Å². The number of nitrogens with zero attached hydrogens (tertiary/aromatic N) is 3. The first-order valence-corrected chi connectivity index (χ1v) is 11.2. The van der Waals surface area contributed by atoms with E-state index in [4.69, 9.17) is 4.74 Å². The number of aliphatic imine (C=N–C) groups is 1. The van der Waals surface area contributed by atoms with Gasteiger partial charge in [-0.05, 0) is 43.9 Å². The Bertz CT molecular complexity index is 695. The number of hydrogen-bond donors (Lipinski definition) is 3. The number of rotatable bonds is 8. The van der Waals surface area contributed by atoms with Gasteiger partial charge in [0.1, 0.15) is 0 Å². The van der Waals surface area contributed by atoms with Crippen molar-refractivity contribution in [1.29, 1.82) is 0 Å². The van der Waals surface area contributed by atoms with Crippen LogP contribution in [0.4, 0.5) is 5.69 Å². The molecule has 1 aromatic carbocycles. The third kappa shape index (κ3) is 5.86. The van der Waals surface area contributed by atoms with Gasteiger partial charge in [-0.3, -0.25) is 9.89 Å². The molecule has 0 bridgehead atoms. The van der Waals surface area contributed by atoms with E-state index in [-0.39, 0.29) is 12.0 Å². The molecular weight excluding hydrogens is 378 g/mol. The predicted molar refractivity (Wildman–Crippen MR) is 124 cm³/mol.